The van der Waals surface area contributed by atoms with Gasteiger partial charge in [-0.1, -0.05) is 24.3 Å². The number of furan rings is 1. The van der Waals surface area contributed by atoms with Gasteiger partial charge in [0.15, 0.2) is 0 Å². The van der Waals surface area contributed by atoms with Crippen LogP contribution in [0.1, 0.15) is 27.2 Å². The Bertz CT molecular complexity index is 948. The Morgan fingerprint density at radius 2 is 1.96 bits per heavy atom. The molecule has 3 rings (SSSR count). The first-order chi connectivity index (χ1) is 13.1. The first kappa shape index (κ1) is 18.1. The lowest BCUT2D eigenvalue weighted by molar-refractivity contribution is -0.117. The molecule has 0 radical (unpaired) electrons. The molecule has 0 saturated carbocycles. The Morgan fingerprint density at radius 3 is 2.67 bits per heavy atom. The lowest BCUT2D eigenvalue weighted by Gasteiger charge is -2.12. The van der Waals surface area contributed by atoms with Gasteiger partial charge in [-0.05, 0) is 42.3 Å². The van der Waals surface area contributed by atoms with Gasteiger partial charge in [0.05, 0.1) is 6.26 Å². The molecule has 3 aromatic rings. The standard InChI is InChI=1S/C21H19N3O3/c1-15-6-2-3-9-18(15)20(25)24-19(12-17-8-5-11-27-17)21(26)23-14-16-7-4-10-22-13-16/h2-13H,14H2,1H3,(H,23,26)(H,24,25)/b19-12-. The van der Waals surface area contributed by atoms with Crippen molar-refractivity contribution in [1.29, 1.82) is 0 Å². The van der Waals surface area contributed by atoms with Crippen LogP contribution in [0.25, 0.3) is 6.08 Å². The van der Waals surface area contributed by atoms with E-state index in [9.17, 15) is 9.59 Å². The maximum absolute atomic E-state index is 12.6. The Balaban J connectivity index is 1.78. The quantitative estimate of drug-likeness (QED) is 0.661. The molecule has 6 nitrogen and oxygen atoms in total. The topological polar surface area (TPSA) is 84.2 Å². The number of aryl methyl sites for hydroxylation is 1. The summed E-state index contributed by atoms with van der Waals surface area (Å²) in [6, 6.07) is 14.2. The van der Waals surface area contributed by atoms with E-state index < -0.39 is 5.91 Å². The molecule has 0 spiro atoms. The van der Waals surface area contributed by atoms with Crippen LogP contribution < -0.4 is 10.6 Å². The summed E-state index contributed by atoms with van der Waals surface area (Å²) in [6.45, 7) is 2.13. The molecule has 2 N–H and O–H groups in total. The molecule has 0 aliphatic rings. The van der Waals surface area contributed by atoms with Gasteiger partial charge in [0.1, 0.15) is 11.5 Å². The van der Waals surface area contributed by atoms with E-state index in [0.29, 0.717) is 17.9 Å². The molecule has 2 heterocycles. The minimum Gasteiger partial charge on any atom is -0.465 e. The van der Waals surface area contributed by atoms with Crippen molar-refractivity contribution in [3.8, 4) is 0 Å². The van der Waals surface area contributed by atoms with E-state index in [1.807, 2.05) is 25.1 Å². The lowest BCUT2D eigenvalue weighted by Crippen LogP contribution is -2.34. The van der Waals surface area contributed by atoms with E-state index in [1.54, 1.807) is 42.7 Å². The number of pyridine rings is 1. The molecular formula is C21H19N3O3. The highest BCUT2D eigenvalue weighted by atomic mass is 16.3. The van der Waals surface area contributed by atoms with E-state index in [0.717, 1.165) is 11.1 Å². The van der Waals surface area contributed by atoms with Crippen molar-refractivity contribution in [3.63, 3.8) is 0 Å². The van der Waals surface area contributed by atoms with Crippen LogP contribution in [0.2, 0.25) is 0 Å². The maximum atomic E-state index is 12.6. The van der Waals surface area contributed by atoms with E-state index in [1.165, 1.54) is 12.3 Å². The molecule has 0 bridgehead atoms. The third-order valence-corrected chi connectivity index (χ3v) is 3.89. The summed E-state index contributed by atoms with van der Waals surface area (Å²) in [5, 5.41) is 5.46. The summed E-state index contributed by atoms with van der Waals surface area (Å²) in [7, 11) is 0. The largest absolute Gasteiger partial charge is 0.465 e. The number of amides is 2. The zero-order valence-electron chi connectivity index (χ0n) is 14.8. The number of rotatable bonds is 6. The second kappa shape index (κ2) is 8.62. The molecule has 27 heavy (non-hydrogen) atoms. The first-order valence-corrected chi connectivity index (χ1v) is 8.43. The normalized spacial score (nSPS) is 11.1. The Hall–Kier alpha value is -3.67. The number of nitrogens with zero attached hydrogens (tertiary/aromatic N) is 1. The van der Waals surface area contributed by atoms with Gasteiger partial charge in [0, 0.05) is 30.6 Å². The second-order valence-electron chi connectivity index (χ2n) is 5.89. The van der Waals surface area contributed by atoms with Crippen LogP contribution in [0.5, 0.6) is 0 Å². The van der Waals surface area contributed by atoms with Gasteiger partial charge in [-0.25, -0.2) is 0 Å². The number of aromatic nitrogens is 1. The summed E-state index contributed by atoms with van der Waals surface area (Å²) >= 11 is 0. The van der Waals surface area contributed by atoms with Gasteiger partial charge < -0.3 is 15.1 Å². The van der Waals surface area contributed by atoms with Gasteiger partial charge in [0.2, 0.25) is 0 Å². The molecule has 6 heteroatoms. The average Bonchev–Trinajstić information content (AvgIpc) is 3.20. The van der Waals surface area contributed by atoms with Crippen molar-refractivity contribution in [2.45, 2.75) is 13.5 Å². The van der Waals surface area contributed by atoms with E-state index in [-0.39, 0.29) is 11.6 Å². The molecule has 136 valence electrons. The van der Waals surface area contributed by atoms with Gasteiger partial charge in [-0.15, -0.1) is 0 Å². The summed E-state index contributed by atoms with van der Waals surface area (Å²) in [5.74, 6) is -0.314. The average molecular weight is 361 g/mol. The van der Waals surface area contributed by atoms with Crippen LogP contribution >= 0.6 is 0 Å². The first-order valence-electron chi connectivity index (χ1n) is 8.43. The molecule has 0 saturated heterocycles. The monoisotopic (exact) mass is 361 g/mol. The highest BCUT2D eigenvalue weighted by Crippen LogP contribution is 2.10. The summed E-state index contributed by atoms with van der Waals surface area (Å²) in [6.07, 6.45) is 6.33. The molecule has 0 aliphatic carbocycles. The molecule has 1 aromatic carbocycles. The van der Waals surface area contributed by atoms with Crippen molar-refractivity contribution in [2.75, 3.05) is 0 Å². The number of nitrogens with one attached hydrogen (secondary N) is 2. The fourth-order valence-corrected chi connectivity index (χ4v) is 2.47. The number of hydrogen-bond acceptors (Lipinski definition) is 4. The van der Waals surface area contributed by atoms with Gasteiger partial charge in [-0.2, -0.15) is 0 Å². The zero-order chi connectivity index (χ0) is 19.1. The molecule has 0 unspecified atom stereocenters. The van der Waals surface area contributed by atoms with Crippen molar-refractivity contribution in [3.05, 3.63) is 95.3 Å². The van der Waals surface area contributed by atoms with Gasteiger partial charge >= 0.3 is 0 Å². The van der Waals surface area contributed by atoms with Crippen LogP contribution in [0, 0.1) is 6.92 Å². The fourth-order valence-electron chi connectivity index (χ4n) is 2.47. The third-order valence-electron chi connectivity index (χ3n) is 3.89. The van der Waals surface area contributed by atoms with E-state index in [4.69, 9.17) is 4.42 Å². The highest BCUT2D eigenvalue weighted by molar-refractivity contribution is 6.05. The fraction of sp³-hybridized carbons (Fsp3) is 0.0952. The Kier molecular flexibility index (Phi) is 5.79. The van der Waals surface area contributed by atoms with Crippen LogP contribution in [0.4, 0.5) is 0 Å². The second-order valence-corrected chi connectivity index (χ2v) is 5.89. The Labute approximate surface area is 156 Å². The lowest BCUT2D eigenvalue weighted by atomic mass is 10.1. The van der Waals surface area contributed by atoms with Crippen LogP contribution in [-0.4, -0.2) is 16.8 Å². The molecular weight excluding hydrogens is 342 g/mol. The SMILES string of the molecule is Cc1ccccc1C(=O)N/C(=C\c1ccco1)C(=O)NCc1cccnc1. The van der Waals surface area contributed by atoms with Crippen molar-refractivity contribution < 1.29 is 14.0 Å². The predicted molar refractivity (Wildman–Crippen MR) is 101 cm³/mol. The molecule has 0 fully saturated rings. The van der Waals surface area contributed by atoms with Crippen molar-refractivity contribution >= 4 is 17.9 Å². The Morgan fingerprint density at radius 1 is 1.11 bits per heavy atom. The maximum Gasteiger partial charge on any atom is 0.268 e. The zero-order valence-corrected chi connectivity index (χ0v) is 14.8. The number of benzene rings is 1. The van der Waals surface area contributed by atoms with E-state index >= 15 is 0 Å². The van der Waals surface area contributed by atoms with Crippen LogP contribution in [0.15, 0.2) is 77.3 Å². The van der Waals surface area contributed by atoms with Crippen LogP contribution in [-0.2, 0) is 11.3 Å². The minimum absolute atomic E-state index is 0.0992. The molecule has 2 amide bonds. The molecule has 2 aromatic heterocycles. The number of carbonyl (C=O) groups is 2. The minimum atomic E-state index is -0.419. The van der Waals surface area contributed by atoms with Gasteiger partial charge in [-0.3, -0.25) is 14.6 Å². The highest BCUT2D eigenvalue weighted by Gasteiger charge is 2.16. The summed E-state index contributed by atoms with van der Waals surface area (Å²) in [4.78, 5) is 29.3. The third kappa shape index (κ3) is 4.92. The van der Waals surface area contributed by atoms with E-state index in [2.05, 4.69) is 15.6 Å². The van der Waals surface area contributed by atoms with Crippen molar-refractivity contribution in [1.82, 2.24) is 15.6 Å². The summed E-state index contributed by atoms with van der Waals surface area (Å²) < 4.78 is 5.27. The smallest absolute Gasteiger partial charge is 0.268 e. The predicted octanol–water partition coefficient (Wildman–Crippen LogP) is 3.07. The number of hydrogen-bond donors (Lipinski definition) is 2. The number of carbonyl (C=O) groups excluding carboxylic acids is 2. The van der Waals surface area contributed by atoms with Gasteiger partial charge in [0.25, 0.3) is 11.8 Å². The molecule has 0 aliphatic heterocycles. The summed E-state index contributed by atoms with van der Waals surface area (Å²) in [5.41, 5.74) is 2.28. The molecule has 0 atom stereocenters. The van der Waals surface area contributed by atoms with Crippen molar-refractivity contribution in [2.24, 2.45) is 0 Å². The van der Waals surface area contributed by atoms with Crippen LogP contribution in [0.3, 0.4) is 0 Å².